The van der Waals surface area contributed by atoms with Crippen LogP contribution in [0.4, 0.5) is 0 Å². The Bertz CT molecular complexity index is 959. The topological polar surface area (TPSA) is 39.9 Å². The first-order valence-corrected chi connectivity index (χ1v) is 7.18. The number of hydrogen-bond acceptors (Lipinski definition) is 3. The largest absolute Gasteiger partial charge is 0.471 e. The highest BCUT2D eigenvalue weighted by molar-refractivity contribution is 5.83. The SMILES string of the molecule is Cn1cnc2c(OCc3ccc4ccccc4c3)nccc21. The molecule has 2 heterocycles. The Balaban J connectivity index is 1.62. The second-order valence-corrected chi connectivity index (χ2v) is 5.31. The van der Waals surface area contributed by atoms with Gasteiger partial charge in [0.05, 0.1) is 11.8 Å². The fraction of sp³-hybridized carbons (Fsp3) is 0.111. The molecule has 4 rings (SSSR count). The standard InChI is InChI=1S/C18H15N3O/c1-21-12-20-17-16(21)8-9-19-18(17)22-11-13-6-7-14-4-2-3-5-15(14)10-13/h2-10,12H,11H2,1H3. The van der Waals surface area contributed by atoms with Gasteiger partial charge in [-0.25, -0.2) is 9.97 Å². The molecule has 0 bridgehead atoms. The third kappa shape index (κ3) is 2.19. The molecular formula is C18H15N3O. The van der Waals surface area contributed by atoms with Gasteiger partial charge in [0, 0.05) is 13.2 Å². The summed E-state index contributed by atoms with van der Waals surface area (Å²) in [5.74, 6) is 0.575. The molecule has 0 radical (unpaired) electrons. The summed E-state index contributed by atoms with van der Waals surface area (Å²) in [5.41, 5.74) is 2.93. The second-order valence-electron chi connectivity index (χ2n) is 5.31. The number of aromatic nitrogens is 3. The molecule has 0 fully saturated rings. The van der Waals surface area contributed by atoms with Gasteiger partial charge in [-0.05, 0) is 28.5 Å². The van der Waals surface area contributed by atoms with Crippen LogP contribution in [-0.2, 0) is 13.7 Å². The zero-order valence-corrected chi connectivity index (χ0v) is 12.2. The Morgan fingerprint density at radius 1 is 1.00 bits per heavy atom. The first-order chi connectivity index (χ1) is 10.8. The second kappa shape index (κ2) is 5.15. The number of hydrogen-bond donors (Lipinski definition) is 0. The lowest BCUT2D eigenvalue weighted by molar-refractivity contribution is 0.297. The monoisotopic (exact) mass is 289 g/mol. The minimum Gasteiger partial charge on any atom is -0.471 e. The van der Waals surface area contributed by atoms with Crippen LogP contribution in [-0.4, -0.2) is 14.5 Å². The molecule has 2 aromatic carbocycles. The van der Waals surface area contributed by atoms with Gasteiger partial charge in [0.15, 0.2) is 5.52 Å². The molecule has 4 nitrogen and oxygen atoms in total. The molecule has 0 amide bonds. The van der Waals surface area contributed by atoms with Crippen LogP contribution in [0.25, 0.3) is 21.8 Å². The van der Waals surface area contributed by atoms with Crippen LogP contribution in [0.1, 0.15) is 5.56 Å². The van der Waals surface area contributed by atoms with Crippen molar-refractivity contribution in [1.29, 1.82) is 0 Å². The van der Waals surface area contributed by atoms with E-state index in [4.69, 9.17) is 4.74 Å². The Kier molecular flexibility index (Phi) is 3.00. The third-order valence-electron chi connectivity index (χ3n) is 3.80. The van der Waals surface area contributed by atoms with E-state index in [1.165, 1.54) is 10.8 Å². The van der Waals surface area contributed by atoms with Crippen LogP contribution in [0.3, 0.4) is 0 Å². The molecule has 0 unspecified atom stereocenters. The van der Waals surface area contributed by atoms with Crippen molar-refractivity contribution in [2.24, 2.45) is 7.05 Å². The van der Waals surface area contributed by atoms with Gasteiger partial charge in [-0.3, -0.25) is 0 Å². The minimum atomic E-state index is 0.480. The summed E-state index contributed by atoms with van der Waals surface area (Å²) in [7, 11) is 1.96. The van der Waals surface area contributed by atoms with Gasteiger partial charge in [-0.1, -0.05) is 36.4 Å². The summed E-state index contributed by atoms with van der Waals surface area (Å²) >= 11 is 0. The number of rotatable bonds is 3. The number of imidazole rings is 1. The average Bonchev–Trinajstić information content (AvgIpc) is 2.95. The Morgan fingerprint density at radius 2 is 1.86 bits per heavy atom. The summed E-state index contributed by atoms with van der Waals surface area (Å²) < 4.78 is 7.84. The van der Waals surface area contributed by atoms with Crippen molar-refractivity contribution in [1.82, 2.24) is 14.5 Å². The van der Waals surface area contributed by atoms with Crippen LogP contribution >= 0.6 is 0 Å². The Labute approximate surface area is 128 Å². The van der Waals surface area contributed by atoms with Crippen molar-refractivity contribution in [3.63, 3.8) is 0 Å². The van der Waals surface area contributed by atoms with Gasteiger partial charge in [0.1, 0.15) is 6.61 Å². The van der Waals surface area contributed by atoms with Crippen LogP contribution in [0, 0.1) is 0 Å². The highest BCUT2D eigenvalue weighted by atomic mass is 16.5. The van der Waals surface area contributed by atoms with Gasteiger partial charge in [0.25, 0.3) is 0 Å². The number of ether oxygens (including phenoxy) is 1. The first-order valence-electron chi connectivity index (χ1n) is 7.18. The van der Waals surface area contributed by atoms with Crippen LogP contribution in [0.15, 0.2) is 61.1 Å². The molecular weight excluding hydrogens is 274 g/mol. The molecule has 4 aromatic rings. The van der Waals surface area contributed by atoms with Crippen molar-refractivity contribution in [3.8, 4) is 5.88 Å². The minimum absolute atomic E-state index is 0.480. The zero-order chi connectivity index (χ0) is 14.9. The molecule has 2 aromatic heterocycles. The van der Waals surface area contributed by atoms with E-state index in [1.807, 2.05) is 29.8 Å². The molecule has 0 atom stereocenters. The third-order valence-corrected chi connectivity index (χ3v) is 3.80. The fourth-order valence-corrected chi connectivity index (χ4v) is 2.62. The number of benzene rings is 2. The van der Waals surface area contributed by atoms with Crippen molar-refractivity contribution in [3.05, 3.63) is 66.6 Å². The van der Waals surface area contributed by atoms with Crippen LogP contribution < -0.4 is 4.74 Å². The smallest absolute Gasteiger partial charge is 0.242 e. The summed E-state index contributed by atoms with van der Waals surface area (Å²) in [6.07, 6.45) is 3.52. The van der Waals surface area contributed by atoms with Crippen molar-refractivity contribution in [2.75, 3.05) is 0 Å². The molecule has 0 spiro atoms. The molecule has 108 valence electrons. The maximum absolute atomic E-state index is 5.88. The molecule has 0 saturated carbocycles. The highest BCUT2D eigenvalue weighted by Crippen LogP contribution is 2.22. The Morgan fingerprint density at radius 3 is 2.77 bits per heavy atom. The first kappa shape index (κ1) is 12.8. The number of fused-ring (bicyclic) bond motifs is 2. The molecule has 0 aliphatic rings. The highest BCUT2D eigenvalue weighted by Gasteiger charge is 2.08. The maximum Gasteiger partial charge on any atom is 0.242 e. The Hall–Kier alpha value is -2.88. The summed E-state index contributed by atoms with van der Waals surface area (Å²) in [6, 6.07) is 16.6. The van der Waals surface area contributed by atoms with E-state index in [2.05, 4.69) is 40.3 Å². The van der Waals surface area contributed by atoms with E-state index in [0.29, 0.717) is 12.5 Å². The van der Waals surface area contributed by atoms with E-state index in [1.54, 1.807) is 12.5 Å². The molecule has 0 aliphatic heterocycles. The molecule has 0 N–H and O–H groups in total. The van der Waals surface area contributed by atoms with E-state index < -0.39 is 0 Å². The van der Waals surface area contributed by atoms with Crippen molar-refractivity contribution in [2.45, 2.75) is 6.61 Å². The van der Waals surface area contributed by atoms with E-state index >= 15 is 0 Å². The van der Waals surface area contributed by atoms with Gasteiger partial charge in [-0.2, -0.15) is 0 Å². The fourth-order valence-electron chi connectivity index (χ4n) is 2.62. The maximum atomic E-state index is 5.88. The van der Waals surface area contributed by atoms with Crippen LogP contribution in [0.5, 0.6) is 5.88 Å². The van der Waals surface area contributed by atoms with E-state index in [0.717, 1.165) is 16.6 Å². The number of nitrogens with zero attached hydrogens (tertiary/aromatic N) is 3. The lowest BCUT2D eigenvalue weighted by Crippen LogP contribution is -1.98. The predicted octanol–water partition coefficient (Wildman–Crippen LogP) is 3.70. The molecule has 0 saturated heterocycles. The zero-order valence-electron chi connectivity index (χ0n) is 12.2. The summed E-state index contributed by atoms with van der Waals surface area (Å²) in [5, 5.41) is 2.45. The molecule has 22 heavy (non-hydrogen) atoms. The predicted molar refractivity (Wildman–Crippen MR) is 86.8 cm³/mol. The lowest BCUT2D eigenvalue weighted by Gasteiger charge is -2.07. The van der Waals surface area contributed by atoms with Crippen LogP contribution in [0.2, 0.25) is 0 Å². The van der Waals surface area contributed by atoms with Crippen molar-refractivity contribution < 1.29 is 4.74 Å². The van der Waals surface area contributed by atoms with Gasteiger partial charge < -0.3 is 9.30 Å². The lowest BCUT2D eigenvalue weighted by atomic mass is 10.1. The quantitative estimate of drug-likeness (QED) is 0.577. The summed E-state index contributed by atoms with van der Waals surface area (Å²) in [4.78, 5) is 8.66. The molecule has 4 heteroatoms. The van der Waals surface area contributed by atoms with Gasteiger partial charge in [-0.15, -0.1) is 0 Å². The summed E-state index contributed by atoms with van der Waals surface area (Å²) in [6.45, 7) is 0.480. The normalized spacial score (nSPS) is 11.1. The van der Waals surface area contributed by atoms with Gasteiger partial charge >= 0.3 is 0 Å². The van der Waals surface area contributed by atoms with E-state index in [9.17, 15) is 0 Å². The van der Waals surface area contributed by atoms with Crippen molar-refractivity contribution >= 4 is 21.8 Å². The van der Waals surface area contributed by atoms with Gasteiger partial charge in [0.2, 0.25) is 5.88 Å². The van der Waals surface area contributed by atoms with E-state index in [-0.39, 0.29) is 0 Å². The number of pyridine rings is 1. The number of aryl methyl sites for hydroxylation is 1. The molecule has 0 aliphatic carbocycles. The average molecular weight is 289 g/mol.